The molecule has 0 bridgehead atoms. The monoisotopic (exact) mass is 251 g/mol. The molecule has 0 aliphatic rings. The summed E-state index contributed by atoms with van der Waals surface area (Å²) in [7, 11) is 0. The Labute approximate surface area is 111 Å². The van der Waals surface area contributed by atoms with Gasteiger partial charge >= 0.3 is 0 Å². The van der Waals surface area contributed by atoms with Crippen LogP contribution in [0, 0.1) is 11.6 Å². The van der Waals surface area contributed by atoms with E-state index in [1.165, 1.54) is 16.5 Å². The SMILES string of the molecule is Cc1ccccc1-c1cc2ccccc2[nH]c1=S. The van der Waals surface area contributed by atoms with E-state index in [-0.39, 0.29) is 0 Å². The molecule has 18 heavy (non-hydrogen) atoms. The summed E-state index contributed by atoms with van der Waals surface area (Å²) in [6.07, 6.45) is 0. The van der Waals surface area contributed by atoms with Gasteiger partial charge in [-0.25, -0.2) is 0 Å². The van der Waals surface area contributed by atoms with Crippen LogP contribution in [0.5, 0.6) is 0 Å². The summed E-state index contributed by atoms with van der Waals surface area (Å²) in [6, 6.07) is 18.7. The van der Waals surface area contributed by atoms with Crippen LogP contribution in [0.25, 0.3) is 22.0 Å². The third kappa shape index (κ3) is 1.85. The summed E-state index contributed by atoms with van der Waals surface area (Å²) in [5.41, 5.74) is 4.62. The number of H-pyrrole nitrogens is 1. The van der Waals surface area contributed by atoms with Crippen LogP contribution in [-0.4, -0.2) is 4.98 Å². The topological polar surface area (TPSA) is 15.8 Å². The van der Waals surface area contributed by atoms with Crippen molar-refractivity contribution >= 4 is 23.1 Å². The molecule has 0 aliphatic carbocycles. The number of nitrogens with one attached hydrogen (secondary N) is 1. The molecule has 1 nitrogen and oxygen atoms in total. The summed E-state index contributed by atoms with van der Waals surface area (Å²) in [6.45, 7) is 2.11. The van der Waals surface area contributed by atoms with E-state index in [1.54, 1.807) is 0 Å². The normalized spacial score (nSPS) is 10.7. The Kier molecular flexibility index (Phi) is 2.73. The largest absolute Gasteiger partial charge is 0.346 e. The molecule has 0 amide bonds. The second-order valence-electron chi connectivity index (χ2n) is 4.41. The zero-order valence-corrected chi connectivity index (χ0v) is 10.9. The van der Waals surface area contributed by atoms with Crippen molar-refractivity contribution in [2.24, 2.45) is 0 Å². The Morgan fingerprint density at radius 1 is 0.889 bits per heavy atom. The number of fused-ring (bicyclic) bond motifs is 1. The summed E-state index contributed by atoms with van der Waals surface area (Å²) < 4.78 is 0.794. The minimum absolute atomic E-state index is 0.794. The van der Waals surface area contributed by atoms with Crippen molar-refractivity contribution in [3.05, 3.63) is 64.8 Å². The maximum absolute atomic E-state index is 5.47. The molecule has 2 heteroatoms. The zero-order valence-electron chi connectivity index (χ0n) is 10.1. The number of hydrogen-bond donors (Lipinski definition) is 1. The fraction of sp³-hybridized carbons (Fsp3) is 0.0625. The Hall–Kier alpha value is -1.93. The fourth-order valence-electron chi connectivity index (χ4n) is 2.22. The zero-order chi connectivity index (χ0) is 12.5. The summed E-state index contributed by atoms with van der Waals surface area (Å²) >= 11 is 5.47. The van der Waals surface area contributed by atoms with Gasteiger partial charge in [-0.2, -0.15) is 0 Å². The maximum atomic E-state index is 5.47. The highest BCUT2D eigenvalue weighted by atomic mass is 32.1. The molecule has 88 valence electrons. The van der Waals surface area contributed by atoms with Crippen molar-refractivity contribution in [3.8, 4) is 11.1 Å². The second kappa shape index (κ2) is 4.39. The van der Waals surface area contributed by atoms with E-state index in [1.807, 2.05) is 30.3 Å². The number of rotatable bonds is 1. The molecule has 0 fully saturated rings. The lowest BCUT2D eigenvalue weighted by atomic mass is 10.0. The average Bonchev–Trinajstić information content (AvgIpc) is 2.39. The van der Waals surface area contributed by atoms with Crippen molar-refractivity contribution in [1.29, 1.82) is 0 Å². The molecular formula is C16H13NS. The first-order chi connectivity index (χ1) is 8.75. The molecule has 3 aromatic rings. The molecule has 0 aliphatic heterocycles. The van der Waals surface area contributed by atoms with Crippen LogP contribution < -0.4 is 0 Å². The van der Waals surface area contributed by atoms with Crippen LogP contribution in [0.3, 0.4) is 0 Å². The number of para-hydroxylation sites is 1. The minimum Gasteiger partial charge on any atom is -0.346 e. The molecule has 0 radical (unpaired) electrons. The second-order valence-corrected chi connectivity index (χ2v) is 4.82. The molecule has 1 aromatic heterocycles. The number of hydrogen-bond acceptors (Lipinski definition) is 1. The number of benzene rings is 2. The molecule has 0 saturated heterocycles. The molecular weight excluding hydrogens is 238 g/mol. The Bertz CT molecular complexity index is 771. The van der Waals surface area contributed by atoms with Crippen molar-refractivity contribution in [2.75, 3.05) is 0 Å². The first kappa shape index (κ1) is 11.2. The molecule has 2 aromatic carbocycles. The van der Waals surface area contributed by atoms with E-state index >= 15 is 0 Å². The van der Waals surface area contributed by atoms with E-state index in [0.29, 0.717) is 0 Å². The van der Waals surface area contributed by atoms with E-state index in [4.69, 9.17) is 12.2 Å². The predicted molar refractivity (Wildman–Crippen MR) is 79.3 cm³/mol. The van der Waals surface area contributed by atoms with Gasteiger partial charge in [0.2, 0.25) is 0 Å². The molecule has 0 spiro atoms. The fourth-order valence-corrected chi connectivity index (χ4v) is 2.50. The van der Waals surface area contributed by atoms with Crippen molar-refractivity contribution in [3.63, 3.8) is 0 Å². The van der Waals surface area contributed by atoms with E-state index in [2.05, 4.69) is 36.2 Å². The van der Waals surface area contributed by atoms with Crippen molar-refractivity contribution in [2.45, 2.75) is 6.92 Å². The highest BCUT2D eigenvalue weighted by Crippen LogP contribution is 2.26. The Morgan fingerprint density at radius 3 is 2.44 bits per heavy atom. The molecule has 3 rings (SSSR count). The molecule has 0 saturated carbocycles. The van der Waals surface area contributed by atoms with Crippen LogP contribution in [0.2, 0.25) is 0 Å². The van der Waals surface area contributed by atoms with E-state index in [0.717, 1.165) is 15.7 Å². The van der Waals surface area contributed by atoms with Gasteiger partial charge in [0, 0.05) is 11.1 Å². The van der Waals surface area contributed by atoms with Gasteiger partial charge in [0.15, 0.2) is 0 Å². The number of pyridine rings is 1. The number of aromatic nitrogens is 1. The summed E-state index contributed by atoms with van der Waals surface area (Å²) in [5, 5.41) is 1.18. The molecule has 1 N–H and O–H groups in total. The third-order valence-electron chi connectivity index (χ3n) is 3.19. The average molecular weight is 251 g/mol. The van der Waals surface area contributed by atoms with Gasteiger partial charge in [-0.1, -0.05) is 54.7 Å². The van der Waals surface area contributed by atoms with Crippen LogP contribution in [0.4, 0.5) is 0 Å². The van der Waals surface area contributed by atoms with Crippen molar-refractivity contribution < 1.29 is 0 Å². The molecule has 0 unspecified atom stereocenters. The minimum atomic E-state index is 0.794. The smallest absolute Gasteiger partial charge is 0.111 e. The molecule has 0 atom stereocenters. The Balaban J connectivity index is 2.33. The maximum Gasteiger partial charge on any atom is 0.111 e. The van der Waals surface area contributed by atoms with Gasteiger partial charge in [0.1, 0.15) is 4.64 Å². The van der Waals surface area contributed by atoms with Gasteiger partial charge in [0.05, 0.1) is 0 Å². The van der Waals surface area contributed by atoms with Gasteiger partial charge < -0.3 is 4.98 Å². The third-order valence-corrected chi connectivity index (χ3v) is 3.51. The van der Waals surface area contributed by atoms with Gasteiger partial charge in [-0.05, 0) is 35.6 Å². The standard InChI is InChI=1S/C16H13NS/c1-11-6-2-4-8-13(11)14-10-12-7-3-5-9-15(12)17-16(14)18/h2-10H,1H3,(H,17,18). The van der Waals surface area contributed by atoms with E-state index < -0.39 is 0 Å². The van der Waals surface area contributed by atoms with Gasteiger partial charge in [-0.15, -0.1) is 0 Å². The van der Waals surface area contributed by atoms with Gasteiger partial charge in [-0.3, -0.25) is 0 Å². The van der Waals surface area contributed by atoms with E-state index in [9.17, 15) is 0 Å². The quantitative estimate of drug-likeness (QED) is 0.610. The highest BCUT2D eigenvalue weighted by molar-refractivity contribution is 7.71. The van der Waals surface area contributed by atoms with Crippen LogP contribution in [-0.2, 0) is 0 Å². The summed E-state index contributed by atoms with van der Waals surface area (Å²) in [4.78, 5) is 3.30. The number of aromatic amines is 1. The highest BCUT2D eigenvalue weighted by Gasteiger charge is 2.04. The van der Waals surface area contributed by atoms with Crippen LogP contribution in [0.15, 0.2) is 54.6 Å². The first-order valence-electron chi connectivity index (χ1n) is 5.94. The lowest BCUT2D eigenvalue weighted by Gasteiger charge is -2.07. The lowest BCUT2D eigenvalue weighted by molar-refractivity contribution is 1.36. The predicted octanol–water partition coefficient (Wildman–Crippen LogP) is 4.87. The van der Waals surface area contributed by atoms with Gasteiger partial charge in [0.25, 0.3) is 0 Å². The summed E-state index contributed by atoms with van der Waals surface area (Å²) in [5.74, 6) is 0. The number of aryl methyl sites for hydroxylation is 1. The molecule has 1 heterocycles. The first-order valence-corrected chi connectivity index (χ1v) is 6.34. The van der Waals surface area contributed by atoms with Crippen LogP contribution >= 0.6 is 12.2 Å². The Morgan fingerprint density at radius 2 is 1.61 bits per heavy atom. The lowest BCUT2D eigenvalue weighted by Crippen LogP contribution is -1.87. The van der Waals surface area contributed by atoms with Crippen molar-refractivity contribution in [1.82, 2.24) is 4.98 Å². The van der Waals surface area contributed by atoms with Crippen LogP contribution in [0.1, 0.15) is 5.56 Å².